The van der Waals surface area contributed by atoms with Crippen LogP contribution in [0.25, 0.3) is 0 Å². The van der Waals surface area contributed by atoms with Gasteiger partial charge in [0, 0.05) is 31.3 Å². The Hall–Kier alpha value is -3.09. The van der Waals surface area contributed by atoms with E-state index in [0.717, 1.165) is 11.3 Å². The molecule has 2 N–H and O–H groups in total. The Morgan fingerprint density at radius 2 is 1.41 bits per heavy atom. The van der Waals surface area contributed by atoms with Gasteiger partial charge in [-0.25, -0.2) is 0 Å². The molecule has 0 unspecified atom stereocenters. The minimum absolute atomic E-state index is 0.0437. The zero-order valence-electron chi connectivity index (χ0n) is 16.1. The second kappa shape index (κ2) is 10.2. The Labute approximate surface area is 159 Å². The largest absolute Gasteiger partial charge is 0.493 e. The van der Waals surface area contributed by atoms with E-state index in [1.165, 1.54) is 0 Å². The Morgan fingerprint density at radius 1 is 0.815 bits per heavy atom. The van der Waals surface area contributed by atoms with Gasteiger partial charge in [0.2, 0.25) is 5.91 Å². The first-order valence-electron chi connectivity index (χ1n) is 8.54. The highest BCUT2D eigenvalue weighted by molar-refractivity contribution is 5.76. The van der Waals surface area contributed by atoms with Crippen molar-refractivity contribution in [3.05, 3.63) is 42.0 Å². The maximum absolute atomic E-state index is 12.1. The number of methoxy groups -OCH3 is 4. The van der Waals surface area contributed by atoms with Gasteiger partial charge in [0.05, 0.1) is 28.4 Å². The molecule has 0 atom stereocenters. The fourth-order valence-corrected chi connectivity index (χ4v) is 2.55. The molecule has 0 bridgehead atoms. The molecule has 1 amide bonds. The molecule has 0 saturated carbocycles. The van der Waals surface area contributed by atoms with E-state index in [0.29, 0.717) is 42.5 Å². The van der Waals surface area contributed by atoms with Gasteiger partial charge in [-0.3, -0.25) is 4.79 Å². The number of hydrogen-bond donors (Lipinski definition) is 2. The first-order chi connectivity index (χ1) is 13.1. The van der Waals surface area contributed by atoms with Crippen molar-refractivity contribution in [1.82, 2.24) is 5.32 Å². The van der Waals surface area contributed by atoms with Crippen molar-refractivity contribution in [2.24, 2.45) is 0 Å². The number of carbonyl (C=O) groups is 1. The van der Waals surface area contributed by atoms with E-state index in [-0.39, 0.29) is 5.91 Å². The topological polar surface area (TPSA) is 78.1 Å². The zero-order chi connectivity index (χ0) is 19.6. The minimum atomic E-state index is -0.0437. The molecule has 146 valence electrons. The third kappa shape index (κ3) is 5.70. The standard InChI is InChI=1S/C20H26N2O5/c1-24-16-7-5-14(11-18(16)26-3)13-22-20(23)9-10-21-15-6-8-17(25-2)19(12-15)27-4/h5-8,11-12,21H,9-10,13H2,1-4H3,(H,22,23). The van der Waals surface area contributed by atoms with E-state index in [9.17, 15) is 4.79 Å². The van der Waals surface area contributed by atoms with E-state index >= 15 is 0 Å². The van der Waals surface area contributed by atoms with Gasteiger partial charge in [-0.2, -0.15) is 0 Å². The first-order valence-corrected chi connectivity index (χ1v) is 8.54. The lowest BCUT2D eigenvalue weighted by atomic mass is 10.2. The maximum atomic E-state index is 12.1. The number of hydrogen-bond acceptors (Lipinski definition) is 6. The van der Waals surface area contributed by atoms with Crippen LogP contribution in [0.1, 0.15) is 12.0 Å². The van der Waals surface area contributed by atoms with Crippen LogP contribution in [-0.2, 0) is 11.3 Å². The van der Waals surface area contributed by atoms with E-state index in [2.05, 4.69) is 10.6 Å². The van der Waals surface area contributed by atoms with Crippen LogP contribution in [0.15, 0.2) is 36.4 Å². The number of nitrogens with one attached hydrogen (secondary N) is 2. The first kappa shape index (κ1) is 20.2. The van der Waals surface area contributed by atoms with Gasteiger partial charge < -0.3 is 29.6 Å². The number of benzene rings is 2. The highest BCUT2D eigenvalue weighted by atomic mass is 16.5. The summed E-state index contributed by atoms with van der Waals surface area (Å²) in [6, 6.07) is 11.1. The van der Waals surface area contributed by atoms with Gasteiger partial charge in [0.15, 0.2) is 23.0 Å². The second-order valence-corrected chi connectivity index (χ2v) is 5.71. The summed E-state index contributed by atoms with van der Waals surface area (Å²) in [4.78, 5) is 12.1. The van der Waals surface area contributed by atoms with Crippen molar-refractivity contribution in [3.63, 3.8) is 0 Å². The minimum Gasteiger partial charge on any atom is -0.493 e. The van der Waals surface area contributed by atoms with Crippen LogP contribution >= 0.6 is 0 Å². The maximum Gasteiger partial charge on any atom is 0.222 e. The third-order valence-corrected chi connectivity index (χ3v) is 4.00. The second-order valence-electron chi connectivity index (χ2n) is 5.71. The molecule has 2 aromatic carbocycles. The molecule has 0 aromatic heterocycles. The normalized spacial score (nSPS) is 10.1. The molecule has 0 aliphatic carbocycles. The summed E-state index contributed by atoms with van der Waals surface area (Å²) in [7, 11) is 6.35. The SMILES string of the molecule is COc1ccc(CNC(=O)CCNc2ccc(OC)c(OC)c2)cc1OC. The predicted octanol–water partition coefficient (Wildman–Crippen LogP) is 2.84. The van der Waals surface area contributed by atoms with Gasteiger partial charge in [0.1, 0.15) is 0 Å². The molecule has 0 saturated heterocycles. The highest BCUT2D eigenvalue weighted by Gasteiger charge is 2.07. The number of ether oxygens (including phenoxy) is 4. The zero-order valence-corrected chi connectivity index (χ0v) is 16.1. The van der Waals surface area contributed by atoms with Gasteiger partial charge in [-0.05, 0) is 29.8 Å². The van der Waals surface area contributed by atoms with Crippen LogP contribution < -0.4 is 29.6 Å². The third-order valence-electron chi connectivity index (χ3n) is 4.00. The molecular formula is C20H26N2O5. The van der Waals surface area contributed by atoms with Crippen molar-refractivity contribution in [1.29, 1.82) is 0 Å². The fourth-order valence-electron chi connectivity index (χ4n) is 2.55. The molecule has 0 aliphatic rings. The quantitative estimate of drug-likeness (QED) is 0.666. The van der Waals surface area contributed by atoms with Crippen LogP contribution in [0.5, 0.6) is 23.0 Å². The van der Waals surface area contributed by atoms with E-state index < -0.39 is 0 Å². The van der Waals surface area contributed by atoms with Crippen LogP contribution in [0.2, 0.25) is 0 Å². The lowest BCUT2D eigenvalue weighted by molar-refractivity contribution is -0.121. The summed E-state index contributed by atoms with van der Waals surface area (Å²) < 4.78 is 20.9. The van der Waals surface area contributed by atoms with Crippen LogP contribution in [0.3, 0.4) is 0 Å². The smallest absolute Gasteiger partial charge is 0.222 e. The number of amides is 1. The van der Waals surface area contributed by atoms with Gasteiger partial charge in [-0.1, -0.05) is 6.07 Å². The Balaban J connectivity index is 1.80. The Morgan fingerprint density at radius 3 is 2.04 bits per heavy atom. The van der Waals surface area contributed by atoms with Crippen molar-refractivity contribution in [2.75, 3.05) is 40.3 Å². The predicted molar refractivity (Wildman–Crippen MR) is 104 cm³/mol. The molecule has 7 nitrogen and oxygen atoms in total. The molecular weight excluding hydrogens is 348 g/mol. The van der Waals surface area contributed by atoms with Crippen LogP contribution in [-0.4, -0.2) is 40.9 Å². The Bertz CT molecular complexity index is 764. The van der Waals surface area contributed by atoms with E-state index in [1.807, 2.05) is 36.4 Å². The lowest BCUT2D eigenvalue weighted by Crippen LogP contribution is -2.24. The highest BCUT2D eigenvalue weighted by Crippen LogP contribution is 2.29. The van der Waals surface area contributed by atoms with Crippen LogP contribution in [0, 0.1) is 0 Å². The Kier molecular flexibility index (Phi) is 7.61. The lowest BCUT2D eigenvalue weighted by Gasteiger charge is -2.12. The van der Waals surface area contributed by atoms with Crippen molar-refractivity contribution in [2.45, 2.75) is 13.0 Å². The molecule has 0 aliphatic heterocycles. The summed E-state index contributed by atoms with van der Waals surface area (Å²) >= 11 is 0. The number of anilines is 1. The summed E-state index contributed by atoms with van der Waals surface area (Å²) in [5.41, 5.74) is 1.80. The summed E-state index contributed by atoms with van der Waals surface area (Å²) in [6.07, 6.45) is 0.349. The summed E-state index contributed by atoms with van der Waals surface area (Å²) in [5.74, 6) is 2.56. The van der Waals surface area contributed by atoms with E-state index in [1.54, 1.807) is 28.4 Å². The van der Waals surface area contributed by atoms with Gasteiger partial charge in [0.25, 0.3) is 0 Å². The molecule has 0 radical (unpaired) electrons. The van der Waals surface area contributed by atoms with Gasteiger partial charge >= 0.3 is 0 Å². The van der Waals surface area contributed by atoms with Gasteiger partial charge in [-0.15, -0.1) is 0 Å². The molecule has 27 heavy (non-hydrogen) atoms. The molecule has 7 heteroatoms. The summed E-state index contributed by atoms with van der Waals surface area (Å²) in [5, 5.41) is 6.09. The summed E-state index contributed by atoms with van der Waals surface area (Å²) in [6.45, 7) is 0.933. The van der Waals surface area contributed by atoms with Crippen molar-refractivity contribution in [3.8, 4) is 23.0 Å². The molecule has 0 heterocycles. The monoisotopic (exact) mass is 374 g/mol. The fraction of sp³-hybridized carbons (Fsp3) is 0.350. The molecule has 2 rings (SSSR count). The van der Waals surface area contributed by atoms with Crippen molar-refractivity contribution >= 4 is 11.6 Å². The number of rotatable bonds is 10. The average molecular weight is 374 g/mol. The van der Waals surface area contributed by atoms with Crippen molar-refractivity contribution < 1.29 is 23.7 Å². The average Bonchev–Trinajstić information content (AvgIpc) is 2.71. The molecule has 0 spiro atoms. The van der Waals surface area contributed by atoms with Crippen LogP contribution in [0.4, 0.5) is 5.69 Å². The molecule has 2 aromatic rings. The molecule has 0 fully saturated rings. The number of carbonyl (C=O) groups excluding carboxylic acids is 1. The van der Waals surface area contributed by atoms with E-state index in [4.69, 9.17) is 18.9 Å².